The molecule has 116 valence electrons. The van der Waals surface area contributed by atoms with E-state index in [2.05, 4.69) is 4.98 Å². The van der Waals surface area contributed by atoms with Crippen molar-refractivity contribution >= 4 is 0 Å². The molecule has 0 aromatic carbocycles. The molecule has 0 radical (unpaired) electrons. The number of ether oxygens (including phenoxy) is 1. The van der Waals surface area contributed by atoms with Gasteiger partial charge in [0.2, 0.25) is 0 Å². The molecule has 1 saturated heterocycles. The fourth-order valence-electron chi connectivity index (χ4n) is 3.27. The molecule has 0 atom stereocenters. The Morgan fingerprint density at radius 2 is 1.86 bits per heavy atom. The number of pyridine rings is 1. The highest BCUT2D eigenvalue weighted by Crippen LogP contribution is 2.31. The molecule has 0 spiro atoms. The van der Waals surface area contributed by atoms with Crippen LogP contribution in [0, 0.1) is 5.92 Å². The fourth-order valence-corrected chi connectivity index (χ4v) is 3.27. The molecule has 2 fully saturated rings. The van der Waals surface area contributed by atoms with E-state index < -0.39 is 0 Å². The standard InChI is InChI=1S/C17H22N4O/c1-2-13(3-1)12-16-19-17(14-6-10-22-11-7-14)20-21(16)15-4-8-18-9-5-15/h4-5,8-9,13-14H,1-3,6-7,10-12H2. The SMILES string of the molecule is c1cc(-n2nc(C3CCOCC3)nc2CC2CCC2)ccn1. The first-order chi connectivity index (χ1) is 10.9. The minimum absolute atomic E-state index is 0.442. The molecule has 3 heterocycles. The third-order valence-corrected chi connectivity index (χ3v) is 4.88. The first kappa shape index (κ1) is 13.9. The third kappa shape index (κ3) is 2.77. The highest BCUT2D eigenvalue weighted by atomic mass is 16.5. The first-order valence-electron chi connectivity index (χ1n) is 8.34. The topological polar surface area (TPSA) is 52.8 Å². The van der Waals surface area contributed by atoms with E-state index in [-0.39, 0.29) is 0 Å². The van der Waals surface area contributed by atoms with Gasteiger partial charge in [0, 0.05) is 37.9 Å². The summed E-state index contributed by atoms with van der Waals surface area (Å²) < 4.78 is 7.50. The van der Waals surface area contributed by atoms with Gasteiger partial charge in [0.15, 0.2) is 5.82 Å². The quantitative estimate of drug-likeness (QED) is 0.871. The van der Waals surface area contributed by atoms with Crippen molar-refractivity contribution < 1.29 is 4.74 Å². The highest BCUT2D eigenvalue weighted by Gasteiger charge is 2.25. The molecular weight excluding hydrogens is 276 g/mol. The predicted molar refractivity (Wildman–Crippen MR) is 83.0 cm³/mol. The number of aromatic nitrogens is 4. The second-order valence-corrected chi connectivity index (χ2v) is 6.39. The van der Waals surface area contributed by atoms with Crippen molar-refractivity contribution in [2.24, 2.45) is 5.92 Å². The van der Waals surface area contributed by atoms with Crippen LogP contribution in [0.3, 0.4) is 0 Å². The average Bonchev–Trinajstić information content (AvgIpc) is 2.97. The molecular formula is C17H22N4O. The number of hydrogen-bond donors (Lipinski definition) is 0. The molecule has 1 saturated carbocycles. The van der Waals surface area contributed by atoms with Gasteiger partial charge >= 0.3 is 0 Å². The number of nitrogens with zero attached hydrogens (tertiary/aromatic N) is 4. The Morgan fingerprint density at radius 1 is 1.09 bits per heavy atom. The van der Waals surface area contributed by atoms with Crippen LogP contribution >= 0.6 is 0 Å². The zero-order valence-corrected chi connectivity index (χ0v) is 12.8. The maximum atomic E-state index is 5.46. The lowest BCUT2D eigenvalue weighted by molar-refractivity contribution is 0.0836. The summed E-state index contributed by atoms with van der Waals surface area (Å²) in [6.07, 6.45) is 10.8. The molecule has 5 heteroatoms. The summed E-state index contributed by atoms with van der Waals surface area (Å²) in [7, 11) is 0. The van der Waals surface area contributed by atoms with Gasteiger partial charge in [0.25, 0.3) is 0 Å². The maximum Gasteiger partial charge on any atom is 0.154 e. The van der Waals surface area contributed by atoms with E-state index in [0.717, 1.165) is 55.7 Å². The largest absolute Gasteiger partial charge is 0.381 e. The molecule has 2 aliphatic rings. The van der Waals surface area contributed by atoms with Crippen LogP contribution in [0.4, 0.5) is 0 Å². The molecule has 2 aromatic heterocycles. The molecule has 0 bridgehead atoms. The molecule has 4 rings (SSSR count). The van der Waals surface area contributed by atoms with E-state index in [1.807, 2.05) is 29.2 Å². The Balaban J connectivity index is 1.65. The van der Waals surface area contributed by atoms with Crippen molar-refractivity contribution in [3.63, 3.8) is 0 Å². The van der Waals surface area contributed by atoms with Crippen LogP contribution in [0.1, 0.15) is 49.7 Å². The van der Waals surface area contributed by atoms with Crippen LogP contribution in [0.2, 0.25) is 0 Å². The van der Waals surface area contributed by atoms with Crippen LogP contribution in [0.25, 0.3) is 5.69 Å². The summed E-state index contributed by atoms with van der Waals surface area (Å²) in [5, 5.41) is 4.84. The molecule has 22 heavy (non-hydrogen) atoms. The maximum absolute atomic E-state index is 5.46. The summed E-state index contributed by atoms with van der Waals surface area (Å²) in [5.41, 5.74) is 1.06. The van der Waals surface area contributed by atoms with Crippen molar-refractivity contribution in [1.29, 1.82) is 0 Å². The minimum atomic E-state index is 0.442. The smallest absolute Gasteiger partial charge is 0.154 e. The Morgan fingerprint density at radius 3 is 2.55 bits per heavy atom. The van der Waals surface area contributed by atoms with Gasteiger partial charge in [-0.05, 0) is 30.9 Å². The van der Waals surface area contributed by atoms with E-state index in [9.17, 15) is 0 Å². The van der Waals surface area contributed by atoms with Gasteiger partial charge in [0.05, 0.1) is 5.69 Å². The Bertz CT molecular complexity index is 615. The van der Waals surface area contributed by atoms with Gasteiger partial charge in [0.1, 0.15) is 5.82 Å². The normalized spacial score (nSPS) is 20.0. The van der Waals surface area contributed by atoms with Crippen molar-refractivity contribution in [2.75, 3.05) is 13.2 Å². The lowest BCUT2D eigenvalue weighted by atomic mass is 9.83. The van der Waals surface area contributed by atoms with Crippen LogP contribution < -0.4 is 0 Å². The Hall–Kier alpha value is -1.75. The zero-order valence-electron chi connectivity index (χ0n) is 12.8. The van der Waals surface area contributed by atoms with Crippen LogP contribution in [0.5, 0.6) is 0 Å². The van der Waals surface area contributed by atoms with Gasteiger partial charge < -0.3 is 4.74 Å². The second-order valence-electron chi connectivity index (χ2n) is 6.39. The monoisotopic (exact) mass is 298 g/mol. The molecule has 0 unspecified atom stereocenters. The van der Waals surface area contributed by atoms with Crippen molar-refractivity contribution in [2.45, 2.75) is 44.4 Å². The molecule has 0 N–H and O–H groups in total. The molecule has 2 aromatic rings. The van der Waals surface area contributed by atoms with Crippen LogP contribution in [-0.4, -0.2) is 33.0 Å². The Labute approximate surface area is 130 Å². The van der Waals surface area contributed by atoms with Crippen LogP contribution in [0.15, 0.2) is 24.5 Å². The lowest BCUT2D eigenvalue weighted by Gasteiger charge is -2.24. The van der Waals surface area contributed by atoms with E-state index in [1.165, 1.54) is 19.3 Å². The van der Waals surface area contributed by atoms with E-state index in [4.69, 9.17) is 14.8 Å². The van der Waals surface area contributed by atoms with Gasteiger partial charge in [-0.25, -0.2) is 9.67 Å². The highest BCUT2D eigenvalue weighted by molar-refractivity contribution is 5.29. The van der Waals surface area contributed by atoms with Crippen molar-refractivity contribution in [1.82, 2.24) is 19.7 Å². The van der Waals surface area contributed by atoms with Gasteiger partial charge in [-0.2, -0.15) is 5.10 Å². The summed E-state index contributed by atoms with van der Waals surface area (Å²) in [6.45, 7) is 1.65. The number of rotatable bonds is 4. The number of hydrogen-bond acceptors (Lipinski definition) is 4. The summed E-state index contributed by atoms with van der Waals surface area (Å²) >= 11 is 0. The predicted octanol–water partition coefficient (Wildman–Crippen LogP) is 2.90. The lowest BCUT2D eigenvalue weighted by Crippen LogP contribution is -2.17. The van der Waals surface area contributed by atoms with E-state index >= 15 is 0 Å². The van der Waals surface area contributed by atoms with Gasteiger partial charge in [-0.1, -0.05) is 19.3 Å². The second kappa shape index (κ2) is 6.16. The average molecular weight is 298 g/mol. The summed E-state index contributed by atoms with van der Waals surface area (Å²) in [5.74, 6) is 3.33. The molecule has 1 aliphatic heterocycles. The van der Waals surface area contributed by atoms with Crippen LogP contribution in [-0.2, 0) is 11.2 Å². The van der Waals surface area contributed by atoms with Gasteiger partial charge in [-0.3, -0.25) is 4.98 Å². The van der Waals surface area contributed by atoms with Crippen molar-refractivity contribution in [3.8, 4) is 5.69 Å². The minimum Gasteiger partial charge on any atom is -0.381 e. The zero-order chi connectivity index (χ0) is 14.8. The molecule has 5 nitrogen and oxygen atoms in total. The Kier molecular flexibility index (Phi) is 3.89. The van der Waals surface area contributed by atoms with E-state index in [0.29, 0.717) is 5.92 Å². The summed E-state index contributed by atoms with van der Waals surface area (Å²) in [4.78, 5) is 9.02. The molecule has 1 aliphatic carbocycles. The van der Waals surface area contributed by atoms with Gasteiger partial charge in [-0.15, -0.1) is 0 Å². The van der Waals surface area contributed by atoms with E-state index in [1.54, 1.807) is 0 Å². The van der Waals surface area contributed by atoms with Crippen molar-refractivity contribution in [3.05, 3.63) is 36.2 Å². The third-order valence-electron chi connectivity index (χ3n) is 4.88. The first-order valence-corrected chi connectivity index (χ1v) is 8.34. The fraction of sp³-hybridized carbons (Fsp3) is 0.588. The molecule has 0 amide bonds. The summed E-state index contributed by atoms with van der Waals surface area (Å²) in [6, 6.07) is 4.01.